The van der Waals surface area contributed by atoms with Gasteiger partial charge in [-0.1, -0.05) is 73.5 Å². The van der Waals surface area contributed by atoms with E-state index in [9.17, 15) is 34.8 Å². The van der Waals surface area contributed by atoms with Crippen molar-refractivity contribution in [2.75, 3.05) is 0 Å². The Morgan fingerprint density at radius 2 is 1.57 bits per heavy atom. The topological polar surface area (TPSA) is 212 Å². The van der Waals surface area contributed by atoms with Crippen molar-refractivity contribution in [1.29, 1.82) is 0 Å². The molecule has 0 bridgehead atoms. The summed E-state index contributed by atoms with van der Waals surface area (Å²) in [5.74, 6) is -2.61. The molecule has 54 heavy (non-hydrogen) atoms. The quantitative estimate of drug-likeness (QED) is 0.0546. The van der Waals surface area contributed by atoms with Gasteiger partial charge in [0, 0.05) is 41.2 Å². The molecule has 280 valence electrons. The lowest BCUT2D eigenvalue weighted by atomic mass is 9.79. The molecule has 1 saturated heterocycles. The Bertz CT molecular complexity index is 2130. The van der Waals surface area contributed by atoms with Crippen LogP contribution in [0.4, 0.5) is 0 Å². The number of aliphatic hydroxyl groups excluding tert-OH is 3. The summed E-state index contributed by atoms with van der Waals surface area (Å²) in [6.07, 6.45) is -1.19. The van der Waals surface area contributed by atoms with E-state index in [-0.39, 0.29) is 57.2 Å². The molecule has 8 N–H and O–H groups in total. The van der Waals surface area contributed by atoms with Gasteiger partial charge in [0.1, 0.15) is 35.6 Å². The fourth-order valence-corrected chi connectivity index (χ4v) is 7.71. The molecule has 7 rings (SSSR count). The summed E-state index contributed by atoms with van der Waals surface area (Å²) >= 11 is 0. The molecule has 1 aliphatic heterocycles. The number of carbonyl (C=O) groups is 3. The molecule has 0 radical (unpaired) electrons. The maximum absolute atomic E-state index is 14.6. The van der Waals surface area contributed by atoms with Crippen LogP contribution in [-0.4, -0.2) is 68.7 Å². The van der Waals surface area contributed by atoms with E-state index in [1.54, 1.807) is 36.4 Å². The van der Waals surface area contributed by atoms with Gasteiger partial charge in [-0.2, -0.15) is 0 Å². The highest BCUT2D eigenvalue weighted by molar-refractivity contribution is 6.31. The Morgan fingerprint density at radius 3 is 2.28 bits per heavy atom. The van der Waals surface area contributed by atoms with E-state index in [1.165, 1.54) is 25.1 Å². The molecule has 4 aromatic carbocycles. The normalized spacial score (nSPS) is 22.8. The monoisotopic (exact) mass is 734 g/mol. The summed E-state index contributed by atoms with van der Waals surface area (Å²) < 4.78 is 17.9. The van der Waals surface area contributed by atoms with Gasteiger partial charge in [0.2, 0.25) is 6.29 Å². The zero-order valence-electron chi connectivity index (χ0n) is 29.6. The number of carbonyl (C=O) groups excluding carboxylic acids is 3. The number of hydrogen-bond donors (Lipinski definition) is 6. The van der Waals surface area contributed by atoms with Crippen molar-refractivity contribution < 1.29 is 49.0 Å². The van der Waals surface area contributed by atoms with Crippen molar-refractivity contribution in [2.24, 2.45) is 17.4 Å². The smallest absolute Gasteiger partial charge is 0.308 e. The molecule has 5 atom stereocenters. The van der Waals surface area contributed by atoms with E-state index in [0.717, 1.165) is 31.2 Å². The van der Waals surface area contributed by atoms with E-state index in [0.29, 0.717) is 11.1 Å². The van der Waals surface area contributed by atoms with E-state index >= 15 is 0 Å². The average Bonchev–Trinajstić information content (AvgIpc) is 3.70. The minimum Gasteiger partial charge on any atom is -0.507 e. The maximum atomic E-state index is 14.6. The highest BCUT2D eigenvalue weighted by atomic mass is 16.7. The van der Waals surface area contributed by atoms with Crippen LogP contribution in [0.3, 0.4) is 0 Å². The molecule has 0 spiro atoms. The summed E-state index contributed by atoms with van der Waals surface area (Å²) in [6, 6.07) is 20.3. The second kappa shape index (κ2) is 15.3. The zero-order valence-corrected chi connectivity index (χ0v) is 29.6. The third-order valence-corrected chi connectivity index (χ3v) is 10.4. The SMILES string of the molecule is CC(=O)Oc1ccc2c(c1C=Cc1ccccc1)C(=O)c1cc(OC3OC(C4CCCC4)C(O)C(O)C3O)c(Cc3cccc(C(N)N)c3)c(O)c1C2=O. The van der Waals surface area contributed by atoms with Gasteiger partial charge in [-0.25, -0.2) is 0 Å². The summed E-state index contributed by atoms with van der Waals surface area (Å²) in [5, 5.41) is 44.9. The van der Waals surface area contributed by atoms with Crippen LogP contribution in [-0.2, 0) is 16.0 Å². The van der Waals surface area contributed by atoms with Crippen LogP contribution in [0.5, 0.6) is 17.2 Å². The first-order valence-electron chi connectivity index (χ1n) is 18.0. The molecule has 5 unspecified atom stereocenters. The zero-order chi connectivity index (χ0) is 38.3. The molecule has 12 nitrogen and oxygen atoms in total. The third-order valence-electron chi connectivity index (χ3n) is 10.4. The van der Waals surface area contributed by atoms with Gasteiger partial charge in [-0.15, -0.1) is 0 Å². The first-order chi connectivity index (χ1) is 25.9. The number of rotatable bonds is 9. The Hall–Kier alpha value is -5.21. The fourth-order valence-electron chi connectivity index (χ4n) is 7.71. The Kier molecular flexibility index (Phi) is 10.5. The van der Waals surface area contributed by atoms with Crippen LogP contribution in [0.1, 0.15) is 98.4 Å². The van der Waals surface area contributed by atoms with E-state index in [2.05, 4.69) is 0 Å². The van der Waals surface area contributed by atoms with Crippen LogP contribution in [0, 0.1) is 5.92 Å². The second-order valence-electron chi connectivity index (χ2n) is 14.1. The van der Waals surface area contributed by atoms with Crippen LogP contribution >= 0.6 is 0 Å². The number of phenolic OH excluding ortho intramolecular Hbond substituents is 1. The number of ether oxygens (including phenoxy) is 3. The lowest BCUT2D eigenvalue weighted by Gasteiger charge is -2.42. The van der Waals surface area contributed by atoms with Crippen molar-refractivity contribution in [3.63, 3.8) is 0 Å². The standard InChI is InChI=1S/C42H42N2O10/c1-21(45)52-30-17-16-27-32(26(30)15-14-22-8-3-2-4-9-22)36(48)29-20-31(53-42-39(51)37(49)38(50)40(54-42)24-11-5-6-12-24)28(35(47)33(29)34(27)46)19-23-10-7-13-25(18-23)41(43)44/h2-4,7-10,13-18,20,24,37-42,47,49-51H,5-6,11-12,19,43-44H2,1H3. The Labute approximate surface area is 311 Å². The summed E-state index contributed by atoms with van der Waals surface area (Å²) in [5.41, 5.74) is 13.7. The van der Waals surface area contributed by atoms with Crippen molar-refractivity contribution in [1.82, 2.24) is 0 Å². The third kappa shape index (κ3) is 7.07. The predicted molar refractivity (Wildman–Crippen MR) is 198 cm³/mol. The van der Waals surface area contributed by atoms with Gasteiger partial charge in [-0.05, 0) is 59.7 Å². The van der Waals surface area contributed by atoms with Crippen molar-refractivity contribution in [3.8, 4) is 17.2 Å². The van der Waals surface area contributed by atoms with Gasteiger partial charge in [-0.3, -0.25) is 14.4 Å². The minimum absolute atomic E-state index is 0.00955. The molecule has 4 aromatic rings. The maximum Gasteiger partial charge on any atom is 0.308 e. The van der Waals surface area contributed by atoms with E-state index in [4.69, 9.17) is 25.7 Å². The van der Waals surface area contributed by atoms with Crippen LogP contribution in [0.2, 0.25) is 0 Å². The molecule has 2 fully saturated rings. The largest absolute Gasteiger partial charge is 0.507 e. The van der Waals surface area contributed by atoms with Gasteiger partial charge >= 0.3 is 5.97 Å². The van der Waals surface area contributed by atoms with Gasteiger partial charge < -0.3 is 46.1 Å². The van der Waals surface area contributed by atoms with Crippen molar-refractivity contribution in [2.45, 2.75) is 75.9 Å². The number of benzene rings is 4. The number of nitrogens with two attached hydrogens (primary N) is 2. The van der Waals surface area contributed by atoms with Gasteiger partial charge in [0.05, 0.1) is 17.8 Å². The number of fused-ring (bicyclic) bond motifs is 2. The molecule has 1 heterocycles. The predicted octanol–water partition coefficient (Wildman–Crippen LogP) is 4.15. The lowest BCUT2D eigenvalue weighted by molar-refractivity contribution is -0.282. The summed E-state index contributed by atoms with van der Waals surface area (Å²) in [6.45, 7) is 1.22. The molecule has 2 aliphatic carbocycles. The van der Waals surface area contributed by atoms with Crippen LogP contribution in [0.25, 0.3) is 12.2 Å². The van der Waals surface area contributed by atoms with Crippen molar-refractivity contribution >= 4 is 29.7 Å². The van der Waals surface area contributed by atoms with Crippen LogP contribution < -0.4 is 20.9 Å². The van der Waals surface area contributed by atoms with E-state index < -0.39 is 60.2 Å². The number of aromatic hydroxyl groups is 1. The molecule has 1 saturated carbocycles. The number of ketones is 2. The minimum atomic E-state index is -1.71. The Balaban J connectivity index is 1.36. The lowest BCUT2D eigenvalue weighted by Crippen LogP contribution is -2.60. The number of aliphatic hydroxyl groups is 3. The molecular formula is C42H42N2O10. The highest BCUT2D eigenvalue weighted by Gasteiger charge is 2.48. The molecule has 12 heteroatoms. The highest BCUT2D eigenvalue weighted by Crippen LogP contribution is 2.45. The number of phenols is 1. The summed E-state index contributed by atoms with van der Waals surface area (Å²) in [4.78, 5) is 41.1. The molecular weight excluding hydrogens is 692 g/mol. The Morgan fingerprint density at radius 1 is 0.852 bits per heavy atom. The van der Waals surface area contributed by atoms with Gasteiger partial charge in [0.15, 0.2) is 11.6 Å². The fraction of sp³-hybridized carbons (Fsp3) is 0.310. The molecule has 0 amide bonds. The van der Waals surface area contributed by atoms with Gasteiger partial charge in [0.25, 0.3) is 0 Å². The van der Waals surface area contributed by atoms with E-state index in [1.807, 2.05) is 30.3 Å². The first kappa shape index (κ1) is 37.1. The molecule has 3 aliphatic rings. The number of hydrogen-bond acceptors (Lipinski definition) is 12. The van der Waals surface area contributed by atoms with Crippen LogP contribution in [0.15, 0.2) is 72.8 Å². The summed E-state index contributed by atoms with van der Waals surface area (Å²) in [7, 11) is 0. The number of esters is 1. The first-order valence-corrected chi connectivity index (χ1v) is 18.0. The average molecular weight is 735 g/mol. The molecule has 0 aromatic heterocycles. The second-order valence-corrected chi connectivity index (χ2v) is 14.1. The van der Waals surface area contributed by atoms with Crippen molar-refractivity contribution in [3.05, 3.63) is 123 Å².